The van der Waals surface area contributed by atoms with E-state index in [1.165, 1.54) is 7.11 Å². The Morgan fingerprint density at radius 2 is 2.11 bits per heavy atom. The lowest BCUT2D eigenvalue weighted by molar-refractivity contribution is 0.0598. The maximum Gasteiger partial charge on any atom is 0.341 e. The Balaban J connectivity index is 2.76. The number of nitrogens with one attached hydrogen (secondary N) is 1. The van der Waals surface area contributed by atoms with Gasteiger partial charge in [-0.05, 0) is 19.4 Å². The molecule has 1 aromatic rings. The lowest BCUT2D eigenvalue weighted by Gasteiger charge is -2.29. The van der Waals surface area contributed by atoms with E-state index in [-0.39, 0.29) is 13.2 Å². The van der Waals surface area contributed by atoms with Crippen LogP contribution in [0.1, 0.15) is 35.2 Å². The first kappa shape index (κ1) is 15.7. The van der Waals surface area contributed by atoms with Crippen molar-refractivity contribution in [3.63, 3.8) is 0 Å². The predicted molar refractivity (Wildman–Crippen MR) is 68.8 cm³/mol. The fourth-order valence-corrected chi connectivity index (χ4v) is 1.73. The van der Waals surface area contributed by atoms with E-state index in [4.69, 9.17) is 4.42 Å². The number of methoxy groups -OCH3 is 1. The number of hydrogen-bond acceptors (Lipinski definition) is 6. The highest BCUT2D eigenvalue weighted by molar-refractivity contribution is 5.90. The van der Waals surface area contributed by atoms with Crippen LogP contribution < -0.4 is 5.32 Å². The number of ether oxygens (including phenoxy) is 1. The Morgan fingerprint density at radius 1 is 1.47 bits per heavy atom. The van der Waals surface area contributed by atoms with E-state index in [1.54, 1.807) is 13.0 Å². The van der Waals surface area contributed by atoms with Crippen molar-refractivity contribution in [3.05, 3.63) is 23.2 Å². The maximum absolute atomic E-state index is 11.4. The molecular weight excluding hydrogens is 250 g/mol. The van der Waals surface area contributed by atoms with Crippen molar-refractivity contribution in [2.45, 2.75) is 32.4 Å². The highest BCUT2D eigenvalue weighted by atomic mass is 16.5. The van der Waals surface area contributed by atoms with Crippen LogP contribution in [0.3, 0.4) is 0 Å². The lowest BCUT2D eigenvalue weighted by Crippen LogP contribution is -2.50. The largest absolute Gasteiger partial charge is 0.465 e. The summed E-state index contributed by atoms with van der Waals surface area (Å²) in [4.78, 5) is 11.4. The lowest BCUT2D eigenvalue weighted by atomic mass is 9.98. The van der Waals surface area contributed by atoms with Crippen molar-refractivity contribution in [2.75, 3.05) is 20.3 Å². The summed E-state index contributed by atoms with van der Waals surface area (Å²) in [6.07, 6.45) is 0.573. The smallest absolute Gasteiger partial charge is 0.341 e. The van der Waals surface area contributed by atoms with Crippen LogP contribution in [-0.4, -0.2) is 42.0 Å². The molecule has 1 aromatic heterocycles. The molecule has 0 radical (unpaired) electrons. The molecule has 0 saturated carbocycles. The molecule has 0 amide bonds. The summed E-state index contributed by atoms with van der Waals surface area (Å²) in [5, 5.41) is 21.7. The van der Waals surface area contributed by atoms with E-state index in [9.17, 15) is 15.0 Å². The third-order valence-corrected chi connectivity index (χ3v) is 3.29. The normalized spacial score (nSPS) is 11.6. The second kappa shape index (κ2) is 6.70. The number of hydrogen-bond donors (Lipinski definition) is 3. The quantitative estimate of drug-likeness (QED) is 0.629. The Hall–Kier alpha value is -1.37. The summed E-state index contributed by atoms with van der Waals surface area (Å²) < 4.78 is 10.1. The molecule has 0 bridgehead atoms. The third kappa shape index (κ3) is 3.56. The molecule has 0 aliphatic heterocycles. The van der Waals surface area contributed by atoms with Crippen LogP contribution in [0.15, 0.2) is 10.5 Å². The molecule has 1 heterocycles. The van der Waals surface area contributed by atoms with Crippen molar-refractivity contribution in [1.29, 1.82) is 0 Å². The van der Waals surface area contributed by atoms with Gasteiger partial charge in [0.15, 0.2) is 0 Å². The molecule has 6 heteroatoms. The van der Waals surface area contributed by atoms with E-state index in [0.717, 1.165) is 0 Å². The Labute approximate surface area is 112 Å². The van der Waals surface area contributed by atoms with E-state index < -0.39 is 11.5 Å². The van der Waals surface area contributed by atoms with Gasteiger partial charge in [-0.25, -0.2) is 4.79 Å². The van der Waals surface area contributed by atoms with Crippen molar-refractivity contribution in [2.24, 2.45) is 0 Å². The number of rotatable bonds is 7. The number of aryl methyl sites for hydroxylation is 1. The molecular formula is C13H21NO5. The van der Waals surface area contributed by atoms with Gasteiger partial charge >= 0.3 is 5.97 Å². The van der Waals surface area contributed by atoms with Gasteiger partial charge in [0.05, 0.1) is 32.4 Å². The second-order valence-corrected chi connectivity index (χ2v) is 4.48. The average Bonchev–Trinajstić information content (AvgIpc) is 2.81. The minimum atomic E-state index is -0.744. The number of aliphatic hydroxyl groups is 2. The van der Waals surface area contributed by atoms with Crippen LogP contribution in [0, 0.1) is 6.92 Å². The van der Waals surface area contributed by atoms with Crippen LogP contribution in [0.4, 0.5) is 0 Å². The molecule has 3 N–H and O–H groups in total. The minimum Gasteiger partial charge on any atom is -0.465 e. The van der Waals surface area contributed by atoms with Crippen LogP contribution in [0.2, 0.25) is 0 Å². The fraction of sp³-hybridized carbons (Fsp3) is 0.615. The van der Waals surface area contributed by atoms with Crippen LogP contribution in [0.25, 0.3) is 0 Å². The summed E-state index contributed by atoms with van der Waals surface area (Å²) >= 11 is 0. The van der Waals surface area contributed by atoms with E-state index >= 15 is 0 Å². The van der Waals surface area contributed by atoms with Crippen LogP contribution in [0.5, 0.6) is 0 Å². The highest BCUT2D eigenvalue weighted by Crippen LogP contribution is 2.17. The topological polar surface area (TPSA) is 91.9 Å². The minimum absolute atomic E-state index is 0.177. The number of esters is 1. The molecule has 0 saturated heterocycles. The average molecular weight is 271 g/mol. The van der Waals surface area contributed by atoms with Gasteiger partial charge in [-0.1, -0.05) is 6.92 Å². The highest BCUT2D eigenvalue weighted by Gasteiger charge is 2.26. The summed E-state index contributed by atoms with van der Waals surface area (Å²) in [5.74, 6) is 0.593. The summed E-state index contributed by atoms with van der Waals surface area (Å²) in [7, 11) is 1.31. The van der Waals surface area contributed by atoms with Crippen molar-refractivity contribution in [1.82, 2.24) is 5.32 Å². The van der Waals surface area contributed by atoms with Crippen LogP contribution >= 0.6 is 0 Å². The van der Waals surface area contributed by atoms with Gasteiger partial charge in [0.2, 0.25) is 0 Å². The summed E-state index contributed by atoms with van der Waals surface area (Å²) in [6, 6.07) is 1.60. The van der Waals surface area contributed by atoms with Gasteiger partial charge in [-0.15, -0.1) is 0 Å². The van der Waals surface area contributed by atoms with E-state index in [1.807, 2.05) is 6.92 Å². The molecule has 108 valence electrons. The first-order chi connectivity index (χ1) is 9.01. The molecule has 1 rings (SSSR count). The van der Waals surface area contributed by atoms with E-state index in [0.29, 0.717) is 30.0 Å². The summed E-state index contributed by atoms with van der Waals surface area (Å²) in [6.45, 7) is 3.51. The first-order valence-corrected chi connectivity index (χ1v) is 6.16. The van der Waals surface area contributed by atoms with Gasteiger partial charge in [0, 0.05) is 0 Å². The number of carbonyl (C=O) groups is 1. The van der Waals surface area contributed by atoms with Gasteiger partial charge < -0.3 is 24.7 Å². The molecule has 6 nitrogen and oxygen atoms in total. The zero-order valence-electron chi connectivity index (χ0n) is 11.5. The van der Waals surface area contributed by atoms with Crippen molar-refractivity contribution < 1.29 is 24.2 Å². The third-order valence-electron chi connectivity index (χ3n) is 3.29. The van der Waals surface area contributed by atoms with Crippen LogP contribution in [-0.2, 0) is 11.3 Å². The molecule has 0 fully saturated rings. The van der Waals surface area contributed by atoms with Gasteiger partial charge in [0.1, 0.15) is 17.1 Å². The van der Waals surface area contributed by atoms with E-state index in [2.05, 4.69) is 10.1 Å². The number of furan rings is 1. The Morgan fingerprint density at radius 3 is 2.58 bits per heavy atom. The molecule has 0 atom stereocenters. The zero-order valence-corrected chi connectivity index (χ0v) is 11.5. The number of aliphatic hydroxyl groups excluding tert-OH is 2. The molecule has 0 aliphatic carbocycles. The second-order valence-electron chi connectivity index (χ2n) is 4.48. The molecule has 0 unspecified atom stereocenters. The SMILES string of the molecule is CCC(CO)(CO)NCc1cc(C(=O)OC)c(C)o1. The molecule has 0 spiro atoms. The standard InChI is InChI=1S/C13H21NO5/c1-4-13(7-15,8-16)14-6-10-5-11(9(2)19-10)12(17)18-3/h5,14-16H,4,6-8H2,1-3H3. The molecule has 0 aromatic carbocycles. The number of carbonyl (C=O) groups excluding carboxylic acids is 1. The maximum atomic E-state index is 11.4. The fourth-order valence-electron chi connectivity index (χ4n) is 1.73. The summed E-state index contributed by atoms with van der Waals surface area (Å²) in [5.41, 5.74) is -0.360. The van der Waals surface area contributed by atoms with Gasteiger partial charge in [-0.3, -0.25) is 0 Å². The first-order valence-electron chi connectivity index (χ1n) is 6.16. The monoisotopic (exact) mass is 271 g/mol. The van der Waals surface area contributed by atoms with Crippen molar-refractivity contribution in [3.8, 4) is 0 Å². The van der Waals surface area contributed by atoms with Gasteiger partial charge in [-0.2, -0.15) is 0 Å². The predicted octanol–water partition coefficient (Wildman–Crippen LogP) is 0.598. The Bertz CT molecular complexity index is 414. The zero-order chi connectivity index (χ0) is 14.5. The van der Waals surface area contributed by atoms with Gasteiger partial charge in [0.25, 0.3) is 0 Å². The molecule has 19 heavy (non-hydrogen) atoms. The van der Waals surface area contributed by atoms with Crippen molar-refractivity contribution >= 4 is 5.97 Å². The Kier molecular flexibility index (Phi) is 5.53. The molecule has 0 aliphatic rings.